The van der Waals surface area contributed by atoms with Gasteiger partial charge < -0.3 is 14.6 Å². The molecule has 0 aliphatic heterocycles. The van der Waals surface area contributed by atoms with Crippen LogP contribution in [0.4, 0.5) is 10.1 Å². The van der Waals surface area contributed by atoms with E-state index in [4.69, 9.17) is 4.74 Å². The molecule has 8 nitrogen and oxygen atoms in total. The average molecular weight is 433 g/mol. The molecule has 9 heteroatoms. The van der Waals surface area contributed by atoms with Gasteiger partial charge in [0.15, 0.2) is 0 Å². The molecule has 4 rings (SSSR count). The number of nitrogens with one attached hydrogen (secondary N) is 1. The van der Waals surface area contributed by atoms with Crippen LogP contribution < -0.4 is 5.32 Å². The summed E-state index contributed by atoms with van der Waals surface area (Å²) in [5.41, 5.74) is 2.77. The molecule has 0 aliphatic carbocycles. The van der Waals surface area contributed by atoms with Gasteiger partial charge in [0, 0.05) is 23.6 Å². The minimum Gasteiger partial charge on any atom is -0.462 e. The number of halogens is 1. The van der Waals surface area contributed by atoms with Crippen LogP contribution in [0.3, 0.4) is 0 Å². The molecular weight excluding hydrogens is 413 g/mol. The van der Waals surface area contributed by atoms with Gasteiger partial charge in [-0.05, 0) is 56.3 Å². The minimum atomic E-state index is -0.484. The first-order chi connectivity index (χ1) is 15.5. The summed E-state index contributed by atoms with van der Waals surface area (Å²) < 4.78 is 22.6. The van der Waals surface area contributed by atoms with Crippen LogP contribution in [0, 0.1) is 12.7 Å². The van der Waals surface area contributed by atoms with E-state index in [9.17, 15) is 14.0 Å². The number of amides is 1. The maximum Gasteiger partial charge on any atom is 0.341 e. The minimum absolute atomic E-state index is 0.281. The first-order valence-electron chi connectivity index (χ1n) is 9.89. The van der Waals surface area contributed by atoms with Gasteiger partial charge in [-0.15, -0.1) is 0 Å². The number of rotatable bonds is 6. The number of carbonyl (C=O) groups is 2. The van der Waals surface area contributed by atoms with Gasteiger partial charge in [-0.1, -0.05) is 0 Å². The quantitative estimate of drug-likeness (QED) is 0.465. The third-order valence-electron chi connectivity index (χ3n) is 4.87. The Balaban J connectivity index is 1.48. The third kappa shape index (κ3) is 4.13. The van der Waals surface area contributed by atoms with Crippen molar-refractivity contribution in [1.82, 2.24) is 19.3 Å². The fraction of sp³-hybridized carbons (Fsp3) is 0.130. The lowest BCUT2D eigenvalue weighted by molar-refractivity contribution is 0.0525. The standard InChI is InChI=1S/C23H20FN5O3/c1-3-32-23(31)19-13-26-29(15(19)2)18-7-4-16(5-8-18)22(30)27-17-6-9-21(20(24)12-17)28-11-10-25-14-28/h4-14H,3H2,1-2H3,(H,27,30). The predicted octanol–water partition coefficient (Wildman–Crippen LogP) is 3.93. The van der Waals surface area contributed by atoms with Crippen LogP contribution in [-0.2, 0) is 4.74 Å². The van der Waals surface area contributed by atoms with Crippen molar-refractivity contribution >= 4 is 17.6 Å². The first kappa shape index (κ1) is 21.0. The zero-order valence-electron chi connectivity index (χ0n) is 17.4. The van der Waals surface area contributed by atoms with Crippen LogP contribution in [0.2, 0.25) is 0 Å². The molecule has 0 fully saturated rings. The average Bonchev–Trinajstić information content (AvgIpc) is 3.44. The summed E-state index contributed by atoms with van der Waals surface area (Å²) in [7, 11) is 0. The van der Waals surface area contributed by atoms with Crippen molar-refractivity contribution in [3.63, 3.8) is 0 Å². The van der Waals surface area contributed by atoms with Crippen LogP contribution >= 0.6 is 0 Å². The number of anilines is 1. The largest absolute Gasteiger partial charge is 0.462 e. The number of hydrogen-bond acceptors (Lipinski definition) is 5. The lowest BCUT2D eigenvalue weighted by Crippen LogP contribution is -2.12. The normalized spacial score (nSPS) is 10.7. The Kier molecular flexibility index (Phi) is 5.80. The van der Waals surface area contributed by atoms with Crippen LogP contribution in [0.15, 0.2) is 67.4 Å². The highest BCUT2D eigenvalue weighted by Crippen LogP contribution is 2.20. The molecule has 2 heterocycles. The van der Waals surface area contributed by atoms with Crippen molar-refractivity contribution in [3.05, 3.63) is 90.0 Å². The number of benzene rings is 2. The summed E-state index contributed by atoms with van der Waals surface area (Å²) >= 11 is 0. The highest BCUT2D eigenvalue weighted by atomic mass is 19.1. The molecule has 0 saturated heterocycles. The molecule has 0 radical (unpaired) electrons. The summed E-state index contributed by atoms with van der Waals surface area (Å²) in [5.74, 6) is -1.29. The molecule has 32 heavy (non-hydrogen) atoms. The highest BCUT2D eigenvalue weighted by Gasteiger charge is 2.16. The molecule has 162 valence electrons. The predicted molar refractivity (Wildman–Crippen MR) is 116 cm³/mol. The number of ether oxygens (including phenoxy) is 1. The Labute approximate surface area is 183 Å². The number of imidazole rings is 1. The summed E-state index contributed by atoms with van der Waals surface area (Å²) in [4.78, 5) is 28.5. The van der Waals surface area contributed by atoms with Gasteiger partial charge in [-0.3, -0.25) is 4.79 Å². The molecular formula is C23H20FN5O3. The van der Waals surface area contributed by atoms with Gasteiger partial charge in [0.05, 0.1) is 36.2 Å². The van der Waals surface area contributed by atoms with E-state index < -0.39 is 11.8 Å². The van der Waals surface area contributed by atoms with Crippen LogP contribution in [0.5, 0.6) is 0 Å². The molecule has 4 aromatic rings. The lowest BCUT2D eigenvalue weighted by atomic mass is 10.1. The third-order valence-corrected chi connectivity index (χ3v) is 4.87. The van der Waals surface area contributed by atoms with Crippen molar-refractivity contribution in [3.8, 4) is 11.4 Å². The van der Waals surface area contributed by atoms with E-state index in [1.165, 1.54) is 18.6 Å². The molecule has 0 atom stereocenters. The fourth-order valence-corrected chi connectivity index (χ4v) is 3.23. The molecule has 2 aromatic carbocycles. The monoisotopic (exact) mass is 433 g/mol. The van der Waals surface area contributed by atoms with E-state index in [-0.39, 0.29) is 12.5 Å². The second kappa shape index (κ2) is 8.84. The van der Waals surface area contributed by atoms with Gasteiger partial charge in [0.25, 0.3) is 5.91 Å². The van der Waals surface area contributed by atoms with Crippen molar-refractivity contribution in [2.75, 3.05) is 11.9 Å². The van der Waals surface area contributed by atoms with E-state index in [2.05, 4.69) is 15.4 Å². The number of hydrogen-bond donors (Lipinski definition) is 1. The van der Waals surface area contributed by atoms with E-state index in [1.807, 2.05) is 0 Å². The Morgan fingerprint density at radius 2 is 1.94 bits per heavy atom. The van der Waals surface area contributed by atoms with E-state index in [0.29, 0.717) is 33.9 Å². The van der Waals surface area contributed by atoms with Gasteiger partial charge >= 0.3 is 5.97 Å². The topological polar surface area (TPSA) is 91.0 Å². The second-order valence-electron chi connectivity index (χ2n) is 6.91. The van der Waals surface area contributed by atoms with Gasteiger partial charge in [0.2, 0.25) is 0 Å². The molecule has 0 spiro atoms. The highest BCUT2D eigenvalue weighted by molar-refractivity contribution is 6.04. The Hall–Kier alpha value is -4.27. The van der Waals surface area contributed by atoms with E-state index >= 15 is 0 Å². The number of esters is 1. The Morgan fingerprint density at radius 3 is 2.59 bits per heavy atom. The second-order valence-corrected chi connectivity index (χ2v) is 6.91. The fourth-order valence-electron chi connectivity index (χ4n) is 3.23. The molecule has 0 saturated carbocycles. The van der Waals surface area contributed by atoms with Gasteiger partial charge in [0.1, 0.15) is 11.4 Å². The maximum absolute atomic E-state index is 14.4. The van der Waals surface area contributed by atoms with Crippen LogP contribution in [-0.4, -0.2) is 37.8 Å². The molecule has 2 aromatic heterocycles. The Bertz CT molecular complexity index is 1260. The summed E-state index contributed by atoms with van der Waals surface area (Å²) in [6.45, 7) is 3.79. The Morgan fingerprint density at radius 1 is 1.16 bits per heavy atom. The molecule has 1 amide bonds. The van der Waals surface area contributed by atoms with Crippen LogP contribution in [0.1, 0.15) is 33.3 Å². The zero-order chi connectivity index (χ0) is 22.7. The number of nitrogens with zero attached hydrogens (tertiary/aromatic N) is 4. The number of carbonyl (C=O) groups excluding carboxylic acids is 2. The van der Waals surface area contributed by atoms with Crippen molar-refractivity contribution in [2.24, 2.45) is 0 Å². The maximum atomic E-state index is 14.4. The van der Waals surface area contributed by atoms with E-state index in [0.717, 1.165) is 0 Å². The summed E-state index contributed by atoms with van der Waals surface area (Å²) in [6.07, 6.45) is 6.14. The van der Waals surface area contributed by atoms with E-state index in [1.54, 1.807) is 71.9 Å². The zero-order valence-corrected chi connectivity index (χ0v) is 17.4. The molecule has 1 N–H and O–H groups in total. The first-order valence-corrected chi connectivity index (χ1v) is 9.89. The molecule has 0 aliphatic rings. The summed E-state index contributed by atoms with van der Waals surface area (Å²) in [5, 5.41) is 6.93. The molecule has 0 bridgehead atoms. The van der Waals surface area contributed by atoms with Crippen molar-refractivity contribution < 1.29 is 18.7 Å². The van der Waals surface area contributed by atoms with Crippen molar-refractivity contribution in [1.29, 1.82) is 0 Å². The van der Waals surface area contributed by atoms with Crippen LogP contribution in [0.25, 0.3) is 11.4 Å². The van der Waals surface area contributed by atoms with Gasteiger partial charge in [-0.25, -0.2) is 18.9 Å². The van der Waals surface area contributed by atoms with Gasteiger partial charge in [-0.2, -0.15) is 5.10 Å². The smallest absolute Gasteiger partial charge is 0.341 e. The SMILES string of the molecule is CCOC(=O)c1cnn(-c2ccc(C(=O)Nc3ccc(-n4ccnc4)c(F)c3)cc2)c1C. The lowest BCUT2D eigenvalue weighted by Gasteiger charge is -2.10. The summed E-state index contributed by atoms with van der Waals surface area (Å²) in [6, 6.07) is 11.1. The molecule has 0 unspecified atom stereocenters. The number of aromatic nitrogens is 4. The van der Waals surface area contributed by atoms with Crippen molar-refractivity contribution in [2.45, 2.75) is 13.8 Å².